The molecule has 3 atom stereocenters. The fourth-order valence-corrected chi connectivity index (χ4v) is 6.10. The van der Waals surface area contributed by atoms with E-state index >= 15 is 0 Å². The van der Waals surface area contributed by atoms with Crippen LogP contribution in [0.1, 0.15) is 44.9 Å². The fraction of sp³-hybridized carbons (Fsp3) is 1.00. The summed E-state index contributed by atoms with van der Waals surface area (Å²) in [7, 11) is -1.33. The van der Waals surface area contributed by atoms with Crippen molar-refractivity contribution in [2.75, 3.05) is 33.2 Å². The van der Waals surface area contributed by atoms with E-state index in [0.29, 0.717) is 25.0 Å². The number of hydrogen-bond donors (Lipinski definition) is 1. The molecule has 122 valence electrons. The summed E-state index contributed by atoms with van der Waals surface area (Å²) in [6.45, 7) is 2.80. The minimum atomic E-state index is -3.25. The van der Waals surface area contributed by atoms with Crippen molar-refractivity contribution in [3.63, 3.8) is 0 Å². The smallest absolute Gasteiger partial charge is 0.282 e. The molecule has 3 aliphatic rings. The molecule has 21 heavy (non-hydrogen) atoms. The lowest BCUT2D eigenvalue weighted by molar-refractivity contribution is 0.129. The second-order valence-corrected chi connectivity index (χ2v) is 8.87. The first-order valence-electron chi connectivity index (χ1n) is 8.53. The van der Waals surface area contributed by atoms with Gasteiger partial charge in [-0.1, -0.05) is 19.3 Å². The van der Waals surface area contributed by atoms with Crippen LogP contribution in [0.2, 0.25) is 0 Å². The average molecular weight is 315 g/mol. The van der Waals surface area contributed by atoms with Crippen molar-refractivity contribution in [2.24, 2.45) is 11.8 Å². The first-order valence-corrected chi connectivity index (χ1v) is 9.93. The Hall–Kier alpha value is -0.170. The molecule has 5 nitrogen and oxygen atoms in total. The maximum absolute atomic E-state index is 12.9. The fourth-order valence-electron chi connectivity index (χ4n) is 4.33. The molecule has 0 radical (unpaired) electrons. The van der Waals surface area contributed by atoms with E-state index in [-0.39, 0.29) is 0 Å². The van der Waals surface area contributed by atoms with Crippen LogP contribution in [0, 0.1) is 11.8 Å². The Kier molecular flexibility index (Phi) is 4.88. The first-order chi connectivity index (χ1) is 10.1. The Morgan fingerprint density at radius 1 is 0.857 bits per heavy atom. The van der Waals surface area contributed by atoms with Gasteiger partial charge in [0.25, 0.3) is 10.2 Å². The highest BCUT2D eigenvalue weighted by Crippen LogP contribution is 2.37. The van der Waals surface area contributed by atoms with E-state index < -0.39 is 10.2 Å². The largest absolute Gasteiger partial charge is 0.316 e. The van der Waals surface area contributed by atoms with Crippen molar-refractivity contribution in [3.8, 4) is 0 Å². The van der Waals surface area contributed by atoms with E-state index in [2.05, 4.69) is 5.32 Å². The van der Waals surface area contributed by atoms with Crippen LogP contribution in [-0.4, -0.2) is 56.3 Å². The molecule has 0 aromatic rings. The summed E-state index contributed by atoms with van der Waals surface area (Å²) in [5.74, 6) is 1.38. The lowest BCUT2D eigenvalue weighted by Gasteiger charge is -2.43. The molecule has 1 N–H and O–H groups in total. The van der Waals surface area contributed by atoms with Crippen molar-refractivity contribution >= 4 is 10.2 Å². The average Bonchev–Trinajstić information content (AvgIpc) is 2.54. The maximum Gasteiger partial charge on any atom is 0.282 e. The van der Waals surface area contributed by atoms with Gasteiger partial charge in [-0.25, -0.2) is 0 Å². The van der Waals surface area contributed by atoms with E-state index in [0.717, 1.165) is 38.3 Å². The number of nitrogens with zero attached hydrogens (tertiary/aromatic N) is 2. The Morgan fingerprint density at radius 3 is 2.33 bits per heavy atom. The van der Waals surface area contributed by atoms with Crippen molar-refractivity contribution < 1.29 is 8.42 Å². The highest BCUT2D eigenvalue weighted by molar-refractivity contribution is 7.86. The molecule has 3 unspecified atom stereocenters. The summed E-state index contributed by atoms with van der Waals surface area (Å²) in [5.41, 5.74) is 0. The predicted molar refractivity (Wildman–Crippen MR) is 84.2 cm³/mol. The molecule has 0 bridgehead atoms. The second kappa shape index (κ2) is 6.52. The molecule has 6 heteroatoms. The number of fused-ring (bicyclic) bond motifs is 1. The molecular formula is C15H29N3O2S. The SMILES string of the molecule is CNC1CCCN(S(=O)(=O)N2CCC3CCCCC3C2)C1. The van der Waals surface area contributed by atoms with Gasteiger partial charge in [0.15, 0.2) is 0 Å². The van der Waals surface area contributed by atoms with Crippen LogP contribution in [0.15, 0.2) is 0 Å². The number of rotatable bonds is 3. The van der Waals surface area contributed by atoms with Crippen LogP contribution in [-0.2, 0) is 10.2 Å². The first kappa shape index (κ1) is 15.7. The van der Waals surface area contributed by atoms with Crippen LogP contribution in [0.3, 0.4) is 0 Å². The van der Waals surface area contributed by atoms with E-state index in [9.17, 15) is 8.42 Å². The van der Waals surface area contributed by atoms with Gasteiger partial charge in [0, 0.05) is 32.2 Å². The summed E-state index contributed by atoms with van der Waals surface area (Å²) < 4.78 is 29.3. The summed E-state index contributed by atoms with van der Waals surface area (Å²) in [6.07, 6.45) is 8.25. The summed E-state index contributed by atoms with van der Waals surface area (Å²) >= 11 is 0. The molecule has 2 saturated heterocycles. The molecular weight excluding hydrogens is 286 g/mol. The molecule has 0 aromatic carbocycles. The molecule has 0 amide bonds. The van der Waals surface area contributed by atoms with Crippen molar-refractivity contribution in [1.29, 1.82) is 0 Å². The van der Waals surface area contributed by atoms with Crippen molar-refractivity contribution in [1.82, 2.24) is 13.9 Å². The zero-order valence-electron chi connectivity index (χ0n) is 13.1. The minimum Gasteiger partial charge on any atom is -0.316 e. The summed E-state index contributed by atoms with van der Waals surface area (Å²) in [4.78, 5) is 0. The molecule has 0 aromatic heterocycles. The van der Waals surface area contributed by atoms with Gasteiger partial charge in [-0.05, 0) is 44.6 Å². The van der Waals surface area contributed by atoms with Gasteiger partial charge in [-0.2, -0.15) is 17.0 Å². The van der Waals surface area contributed by atoms with Gasteiger partial charge in [0.2, 0.25) is 0 Å². The zero-order chi connectivity index (χ0) is 14.9. The summed E-state index contributed by atoms with van der Waals surface area (Å²) in [5, 5.41) is 3.23. The monoisotopic (exact) mass is 315 g/mol. The Balaban J connectivity index is 1.67. The molecule has 0 spiro atoms. The van der Waals surface area contributed by atoms with Crippen molar-refractivity contribution in [3.05, 3.63) is 0 Å². The van der Waals surface area contributed by atoms with Gasteiger partial charge in [-0.15, -0.1) is 0 Å². The number of piperidine rings is 2. The maximum atomic E-state index is 12.9. The van der Waals surface area contributed by atoms with Crippen LogP contribution in [0.5, 0.6) is 0 Å². The Morgan fingerprint density at radius 2 is 1.57 bits per heavy atom. The van der Waals surface area contributed by atoms with Crippen LogP contribution < -0.4 is 5.32 Å². The number of hydrogen-bond acceptors (Lipinski definition) is 3. The van der Waals surface area contributed by atoms with E-state index in [1.165, 1.54) is 25.7 Å². The van der Waals surface area contributed by atoms with Gasteiger partial charge in [-0.3, -0.25) is 0 Å². The van der Waals surface area contributed by atoms with Gasteiger partial charge >= 0.3 is 0 Å². The second-order valence-electron chi connectivity index (χ2n) is 6.94. The normalized spacial score (nSPS) is 36.3. The molecule has 2 aliphatic heterocycles. The van der Waals surface area contributed by atoms with Crippen LogP contribution in [0.25, 0.3) is 0 Å². The highest BCUT2D eigenvalue weighted by Gasteiger charge is 2.39. The van der Waals surface area contributed by atoms with Gasteiger partial charge in [0.05, 0.1) is 0 Å². The molecule has 1 saturated carbocycles. The molecule has 1 aliphatic carbocycles. The minimum absolute atomic E-state index is 0.306. The van der Waals surface area contributed by atoms with Crippen LogP contribution >= 0.6 is 0 Å². The molecule has 3 fully saturated rings. The quantitative estimate of drug-likeness (QED) is 0.857. The lowest BCUT2D eigenvalue weighted by atomic mass is 9.76. The third-order valence-electron chi connectivity index (χ3n) is 5.70. The Bertz CT molecular complexity index is 454. The van der Waals surface area contributed by atoms with E-state index in [4.69, 9.17) is 0 Å². The molecule has 2 heterocycles. The number of nitrogens with one attached hydrogen (secondary N) is 1. The summed E-state index contributed by atoms with van der Waals surface area (Å²) in [6, 6.07) is 0.306. The van der Waals surface area contributed by atoms with E-state index in [1.54, 1.807) is 8.61 Å². The standard InChI is InChI=1S/C15H29N3O2S/c1-16-15-7-4-9-17(12-15)21(19,20)18-10-8-13-5-2-3-6-14(13)11-18/h13-16H,2-12H2,1H3. The third kappa shape index (κ3) is 3.28. The number of likely N-dealkylation sites (N-methyl/N-ethyl adjacent to an activating group) is 1. The highest BCUT2D eigenvalue weighted by atomic mass is 32.2. The zero-order valence-corrected chi connectivity index (χ0v) is 13.9. The predicted octanol–water partition coefficient (Wildman–Crippen LogP) is 1.43. The van der Waals surface area contributed by atoms with Gasteiger partial charge < -0.3 is 5.32 Å². The van der Waals surface area contributed by atoms with Gasteiger partial charge in [0.1, 0.15) is 0 Å². The Labute approximate surface area is 129 Å². The van der Waals surface area contributed by atoms with Crippen molar-refractivity contribution in [2.45, 2.75) is 51.0 Å². The lowest BCUT2D eigenvalue weighted by Crippen LogP contribution is -2.54. The van der Waals surface area contributed by atoms with E-state index in [1.807, 2.05) is 7.05 Å². The third-order valence-corrected chi connectivity index (χ3v) is 7.67. The molecule has 3 rings (SSSR count). The topological polar surface area (TPSA) is 52.7 Å². The van der Waals surface area contributed by atoms with Crippen LogP contribution in [0.4, 0.5) is 0 Å².